The van der Waals surface area contributed by atoms with Crippen LogP contribution in [0.1, 0.15) is 44.3 Å². The molecule has 1 aliphatic rings. The van der Waals surface area contributed by atoms with Crippen molar-refractivity contribution in [3.05, 3.63) is 107 Å². The molecular weight excluding hydrogens is 416 g/mol. The van der Waals surface area contributed by atoms with E-state index in [2.05, 4.69) is 5.32 Å². The Morgan fingerprint density at radius 3 is 2.33 bits per heavy atom. The molecule has 6 nitrogen and oxygen atoms in total. The van der Waals surface area contributed by atoms with Gasteiger partial charge in [-0.3, -0.25) is 9.59 Å². The second-order valence-electron chi connectivity index (χ2n) is 7.93. The van der Waals surface area contributed by atoms with Crippen molar-refractivity contribution in [3.63, 3.8) is 0 Å². The van der Waals surface area contributed by atoms with E-state index in [1.807, 2.05) is 48.5 Å². The van der Waals surface area contributed by atoms with E-state index in [1.54, 1.807) is 42.2 Å². The Labute approximate surface area is 193 Å². The molecule has 0 aliphatic carbocycles. The van der Waals surface area contributed by atoms with Crippen LogP contribution in [0.15, 0.2) is 78.9 Å². The first kappa shape index (κ1) is 22.3. The molecule has 1 aliphatic heterocycles. The SMILES string of the molecule is CCOC(=O)c1ccc(CNC(=O)C(Cc2ccccc2)N2Cc3ccccc3C2=O)cc1. The van der Waals surface area contributed by atoms with Crippen LogP contribution in [-0.2, 0) is 29.0 Å². The Balaban J connectivity index is 1.48. The van der Waals surface area contributed by atoms with Gasteiger partial charge in [0.25, 0.3) is 5.91 Å². The van der Waals surface area contributed by atoms with Gasteiger partial charge in [0.2, 0.25) is 5.91 Å². The smallest absolute Gasteiger partial charge is 0.338 e. The predicted octanol–water partition coefficient (Wildman–Crippen LogP) is 3.75. The Bertz CT molecular complexity index is 1140. The number of fused-ring (bicyclic) bond motifs is 1. The fourth-order valence-electron chi connectivity index (χ4n) is 3.99. The van der Waals surface area contributed by atoms with E-state index in [-0.39, 0.29) is 17.8 Å². The van der Waals surface area contributed by atoms with Gasteiger partial charge in [-0.05, 0) is 41.8 Å². The van der Waals surface area contributed by atoms with Crippen LogP contribution in [0.4, 0.5) is 0 Å². The topological polar surface area (TPSA) is 75.7 Å². The first-order valence-corrected chi connectivity index (χ1v) is 11.0. The minimum atomic E-state index is -0.633. The zero-order chi connectivity index (χ0) is 23.2. The molecule has 1 heterocycles. The van der Waals surface area contributed by atoms with Gasteiger partial charge in [0.05, 0.1) is 12.2 Å². The molecule has 1 N–H and O–H groups in total. The Morgan fingerprint density at radius 1 is 0.939 bits per heavy atom. The van der Waals surface area contributed by atoms with Gasteiger partial charge < -0.3 is 15.0 Å². The summed E-state index contributed by atoms with van der Waals surface area (Å²) in [7, 11) is 0. The van der Waals surface area contributed by atoms with Gasteiger partial charge in [-0.15, -0.1) is 0 Å². The van der Waals surface area contributed by atoms with Crippen LogP contribution in [0.3, 0.4) is 0 Å². The molecule has 6 heteroatoms. The molecule has 2 amide bonds. The summed E-state index contributed by atoms with van der Waals surface area (Å²) in [6.45, 7) is 2.78. The van der Waals surface area contributed by atoms with E-state index in [1.165, 1.54) is 0 Å². The first-order valence-electron chi connectivity index (χ1n) is 11.0. The van der Waals surface area contributed by atoms with Crippen molar-refractivity contribution in [1.29, 1.82) is 0 Å². The van der Waals surface area contributed by atoms with E-state index < -0.39 is 6.04 Å². The second kappa shape index (κ2) is 10.1. The van der Waals surface area contributed by atoms with Crippen molar-refractivity contribution in [2.75, 3.05) is 6.61 Å². The molecule has 168 valence electrons. The zero-order valence-corrected chi connectivity index (χ0v) is 18.5. The molecule has 1 unspecified atom stereocenters. The minimum absolute atomic E-state index is 0.125. The maximum atomic E-state index is 13.3. The average Bonchev–Trinajstić information content (AvgIpc) is 3.18. The number of nitrogens with one attached hydrogen (secondary N) is 1. The summed E-state index contributed by atoms with van der Waals surface area (Å²) >= 11 is 0. The molecular formula is C27H26N2O4. The second-order valence-corrected chi connectivity index (χ2v) is 7.93. The maximum Gasteiger partial charge on any atom is 0.338 e. The number of rotatable bonds is 8. The van der Waals surface area contributed by atoms with Gasteiger partial charge in [0.1, 0.15) is 6.04 Å². The third-order valence-electron chi connectivity index (χ3n) is 5.73. The fourth-order valence-corrected chi connectivity index (χ4v) is 3.99. The van der Waals surface area contributed by atoms with E-state index in [0.29, 0.717) is 37.2 Å². The van der Waals surface area contributed by atoms with Crippen LogP contribution in [0.5, 0.6) is 0 Å². The molecule has 1 atom stereocenters. The van der Waals surface area contributed by atoms with Crippen molar-refractivity contribution in [1.82, 2.24) is 10.2 Å². The van der Waals surface area contributed by atoms with Crippen LogP contribution in [0.25, 0.3) is 0 Å². The highest BCUT2D eigenvalue weighted by molar-refractivity contribution is 6.01. The lowest BCUT2D eigenvalue weighted by Gasteiger charge is -2.27. The molecule has 0 aromatic heterocycles. The summed E-state index contributed by atoms with van der Waals surface area (Å²) in [6, 6.07) is 23.5. The summed E-state index contributed by atoms with van der Waals surface area (Å²) in [5.41, 5.74) is 3.89. The summed E-state index contributed by atoms with van der Waals surface area (Å²) in [6.07, 6.45) is 0.425. The van der Waals surface area contributed by atoms with E-state index in [0.717, 1.165) is 16.7 Å². The predicted molar refractivity (Wildman–Crippen MR) is 124 cm³/mol. The number of nitrogens with zero attached hydrogens (tertiary/aromatic N) is 1. The van der Waals surface area contributed by atoms with Gasteiger partial charge >= 0.3 is 5.97 Å². The zero-order valence-electron chi connectivity index (χ0n) is 18.5. The van der Waals surface area contributed by atoms with Crippen molar-refractivity contribution in [3.8, 4) is 0 Å². The van der Waals surface area contributed by atoms with Gasteiger partial charge in [-0.2, -0.15) is 0 Å². The first-order chi connectivity index (χ1) is 16.1. The van der Waals surface area contributed by atoms with Crippen molar-refractivity contribution in [2.45, 2.75) is 32.5 Å². The standard InChI is InChI=1S/C27H26N2O4/c1-2-33-27(32)21-14-12-20(13-15-21)17-28-25(30)24(16-19-8-4-3-5-9-19)29-18-22-10-6-7-11-23(22)26(29)31/h3-15,24H,2,16-18H2,1H3,(H,28,30). The minimum Gasteiger partial charge on any atom is -0.462 e. The fraction of sp³-hybridized carbons (Fsp3) is 0.222. The quantitative estimate of drug-likeness (QED) is 0.539. The Hall–Kier alpha value is -3.93. The van der Waals surface area contributed by atoms with Crippen LogP contribution in [0, 0.1) is 0 Å². The molecule has 0 fully saturated rings. The van der Waals surface area contributed by atoms with Gasteiger partial charge in [0.15, 0.2) is 0 Å². The average molecular weight is 443 g/mol. The van der Waals surface area contributed by atoms with Crippen LogP contribution in [-0.4, -0.2) is 35.3 Å². The normalized spacial score (nSPS) is 13.4. The van der Waals surface area contributed by atoms with Crippen LogP contribution < -0.4 is 5.32 Å². The molecule has 0 radical (unpaired) electrons. The maximum absolute atomic E-state index is 13.3. The Morgan fingerprint density at radius 2 is 1.64 bits per heavy atom. The highest BCUT2D eigenvalue weighted by Crippen LogP contribution is 2.26. The summed E-state index contributed by atoms with van der Waals surface area (Å²) < 4.78 is 5.00. The molecule has 0 saturated heterocycles. The number of carbonyl (C=O) groups is 3. The highest BCUT2D eigenvalue weighted by Gasteiger charge is 2.36. The Kier molecular flexibility index (Phi) is 6.83. The summed E-state index contributed by atoms with van der Waals surface area (Å²) in [5.74, 6) is -0.710. The lowest BCUT2D eigenvalue weighted by atomic mass is 10.0. The number of hydrogen-bond acceptors (Lipinski definition) is 4. The largest absolute Gasteiger partial charge is 0.462 e. The van der Waals surface area contributed by atoms with Gasteiger partial charge in [0, 0.05) is 25.1 Å². The number of ether oxygens (including phenoxy) is 1. The van der Waals surface area contributed by atoms with Crippen molar-refractivity contribution >= 4 is 17.8 Å². The number of benzene rings is 3. The lowest BCUT2D eigenvalue weighted by Crippen LogP contribution is -2.48. The highest BCUT2D eigenvalue weighted by atomic mass is 16.5. The number of carbonyl (C=O) groups excluding carboxylic acids is 3. The van der Waals surface area contributed by atoms with Crippen molar-refractivity contribution in [2.24, 2.45) is 0 Å². The third kappa shape index (κ3) is 5.12. The van der Waals surface area contributed by atoms with Crippen LogP contribution in [0.2, 0.25) is 0 Å². The monoisotopic (exact) mass is 442 g/mol. The molecule has 4 rings (SSSR count). The van der Waals surface area contributed by atoms with Gasteiger partial charge in [-0.1, -0.05) is 60.7 Å². The number of esters is 1. The molecule has 0 spiro atoms. The summed E-state index contributed by atoms with van der Waals surface area (Å²) in [5, 5.41) is 2.97. The van der Waals surface area contributed by atoms with Gasteiger partial charge in [-0.25, -0.2) is 4.79 Å². The number of amides is 2. The lowest BCUT2D eigenvalue weighted by molar-refractivity contribution is -0.125. The van der Waals surface area contributed by atoms with Crippen LogP contribution >= 0.6 is 0 Å². The molecule has 0 saturated carbocycles. The van der Waals surface area contributed by atoms with Crippen molar-refractivity contribution < 1.29 is 19.1 Å². The van der Waals surface area contributed by atoms with E-state index >= 15 is 0 Å². The molecule has 0 bridgehead atoms. The van der Waals surface area contributed by atoms with E-state index in [4.69, 9.17) is 4.74 Å². The molecule has 3 aromatic rings. The number of hydrogen-bond donors (Lipinski definition) is 1. The van der Waals surface area contributed by atoms with E-state index in [9.17, 15) is 14.4 Å². The third-order valence-corrected chi connectivity index (χ3v) is 5.73. The molecule has 33 heavy (non-hydrogen) atoms. The molecule has 3 aromatic carbocycles. The summed E-state index contributed by atoms with van der Waals surface area (Å²) in [4.78, 5) is 39.8.